The molecule has 110 valence electrons. The number of ether oxygens (including phenoxy) is 3. The van der Waals surface area contributed by atoms with Gasteiger partial charge < -0.3 is 14.2 Å². The van der Waals surface area contributed by atoms with E-state index in [1.54, 1.807) is 43.5 Å². The third-order valence-corrected chi connectivity index (χ3v) is 3.52. The Kier molecular flexibility index (Phi) is 3.90. The summed E-state index contributed by atoms with van der Waals surface area (Å²) >= 11 is 5.99. The number of fused-ring (bicyclic) bond motifs is 1. The van der Waals surface area contributed by atoms with Crippen LogP contribution in [0.2, 0.25) is 5.02 Å². The lowest BCUT2D eigenvalue weighted by molar-refractivity contribution is 0.174. The Morgan fingerprint density at radius 2 is 2.05 bits per heavy atom. The zero-order valence-corrected chi connectivity index (χ0v) is 12.6. The Bertz CT molecular complexity index is 793. The molecule has 0 atom stereocenters. The lowest BCUT2D eigenvalue weighted by Gasteiger charge is -2.07. The van der Waals surface area contributed by atoms with Gasteiger partial charge in [-0.2, -0.15) is 5.26 Å². The second-order valence-electron chi connectivity index (χ2n) is 4.63. The summed E-state index contributed by atoms with van der Waals surface area (Å²) in [5.41, 5.74) is 1.97. The summed E-state index contributed by atoms with van der Waals surface area (Å²) in [6.45, 7) is 0.186. The number of hydrogen-bond acceptors (Lipinski definition) is 4. The second kappa shape index (κ2) is 6.00. The van der Waals surface area contributed by atoms with Gasteiger partial charge in [0.1, 0.15) is 5.75 Å². The van der Waals surface area contributed by atoms with Crippen LogP contribution in [0.1, 0.15) is 11.1 Å². The van der Waals surface area contributed by atoms with Crippen LogP contribution in [0.3, 0.4) is 0 Å². The third-order valence-electron chi connectivity index (χ3n) is 3.28. The van der Waals surface area contributed by atoms with Gasteiger partial charge in [0, 0.05) is 16.7 Å². The Labute approximate surface area is 133 Å². The predicted octanol–water partition coefficient (Wildman–Crippen LogP) is 4.14. The van der Waals surface area contributed by atoms with E-state index in [9.17, 15) is 5.26 Å². The van der Waals surface area contributed by atoms with Crippen molar-refractivity contribution < 1.29 is 14.2 Å². The molecule has 0 fully saturated rings. The fraction of sp³-hybridized carbons (Fsp3) is 0.118. The van der Waals surface area contributed by atoms with E-state index in [0.717, 1.165) is 11.1 Å². The number of hydrogen-bond donors (Lipinski definition) is 0. The second-order valence-corrected chi connectivity index (χ2v) is 5.06. The van der Waals surface area contributed by atoms with E-state index < -0.39 is 0 Å². The van der Waals surface area contributed by atoms with Gasteiger partial charge in [0.2, 0.25) is 6.79 Å². The normalized spacial score (nSPS) is 12.9. The van der Waals surface area contributed by atoms with E-state index in [-0.39, 0.29) is 6.79 Å². The minimum absolute atomic E-state index is 0.186. The van der Waals surface area contributed by atoms with Gasteiger partial charge in [-0.3, -0.25) is 0 Å². The van der Waals surface area contributed by atoms with Gasteiger partial charge in [0.15, 0.2) is 11.5 Å². The average molecular weight is 314 g/mol. The van der Waals surface area contributed by atoms with E-state index in [1.165, 1.54) is 0 Å². The molecule has 3 rings (SSSR count). The van der Waals surface area contributed by atoms with E-state index >= 15 is 0 Å². The molecule has 1 aliphatic rings. The van der Waals surface area contributed by atoms with Gasteiger partial charge in [0.05, 0.1) is 18.8 Å². The molecule has 0 spiro atoms. The largest absolute Gasteiger partial charge is 0.496 e. The molecule has 22 heavy (non-hydrogen) atoms. The molecular weight excluding hydrogens is 302 g/mol. The summed E-state index contributed by atoms with van der Waals surface area (Å²) in [7, 11) is 1.57. The Balaban J connectivity index is 2.08. The fourth-order valence-electron chi connectivity index (χ4n) is 2.22. The van der Waals surface area contributed by atoms with E-state index in [4.69, 9.17) is 25.8 Å². The van der Waals surface area contributed by atoms with Crippen molar-refractivity contribution in [2.75, 3.05) is 13.9 Å². The van der Waals surface area contributed by atoms with Crippen molar-refractivity contribution in [3.8, 4) is 23.3 Å². The average Bonchev–Trinajstić information content (AvgIpc) is 2.98. The van der Waals surface area contributed by atoms with Gasteiger partial charge in [-0.25, -0.2) is 0 Å². The smallest absolute Gasteiger partial charge is 0.231 e. The fourth-order valence-corrected chi connectivity index (χ4v) is 2.41. The van der Waals surface area contributed by atoms with Gasteiger partial charge in [-0.15, -0.1) is 0 Å². The first-order chi connectivity index (χ1) is 10.7. The van der Waals surface area contributed by atoms with E-state index in [1.807, 2.05) is 6.07 Å². The number of rotatable bonds is 3. The third kappa shape index (κ3) is 2.72. The molecular formula is C17H12ClNO3. The molecule has 2 aromatic rings. The van der Waals surface area contributed by atoms with Crippen LogP contribution in [0.5, 0.6) is 17.2 Å². The SMILES string of the molecule is COc1cc2c(cc1C=C(C#N)c1cccc(Cl)c1)OCO2. The molecule has 0 saturated heterocycles. The van der Waals surface area contributed by atoms with Crippen molar-refractivity contribution in [1.29, 1.82) is 5.26 Å². The van der Waals surface area contributed by atoms with Gasteiger partial charge in [-0.05, 0) is 29.8 Å². The molecule has 1 aliphatic heterocycles. The molecule has 0 unspecified atom stereocenters. The maximum atomic E-state index is 9.43. The minimum Gasteiger partial charge on any atom is -0.496 e. The van der Waals surface area contributed by atoms with Crippen molar-refractivity contribution in [1.82, 2.24) is 0 Å². The van der Waals surface area contributed by atoms with Crippen LogP contribution < -0.4 is 14.2 Å². The minimum atomic E-state index is 0.186. The molecule has 5 heteroatoms. The van der Waals surface area contributed by atoms with Gasteiger partial charge >= 0.3 is 0 Å². The summed E-state index contributed by atoms with van der Waals surface area (Å²) < 4.78 is 16.0. The summed E-state index contributed by atoms with van der Waals surface area (Å²) in [6.07, 6.45) is 1.74. The van der Waals surface area contributed by atoms with Crippen LogP contribution in [0.25, 0.3) is 11.6 Å². The molecule has 0 aromatic heterocycles. The zero-order valence-electron chi connectivity index (χ0n) is 11.8. The zero-order chi connectivity index (χ0) is 15.5. The standard InChI is InChI=1S/C17H12ClNO3/c1-20-15-8-17-16(21-10-22-17)7-12(15)5-13(9-19)11-3-2-4-14(18)6-11/h2-8H,10H2,1H3. The van der Waals surface area contributed by atoms with Crippen molar-refractivity contribution in [3.05, 3.63) is 52.5 Å². The van der Waals surface area contributed by atoms with E-state index in [2.05, 4.69) is 6.07 Å². The highest BCUT2D eigenvalue weighted by molar-refractivity contribution is 6.30. The Morgan fingerprint density at radius 1 is 1.27 bits per heavy atom. The van der Waals surface area contributed by atoms with Gasteiger partial charge in [-0.1, -0.05) is 23.7 Å². The highest BCUT2D eigenvalue weighted by atomic mass is 35.5. The molecule has 0 radical (unpaired) electrons. The summed E-state index contributed by atoms with van der Waals surface area (Å²) in [6, 6.07) is 12.9. The molecule has 0 bridgehead atoms. The van der Waals surface area contributed by atoms with Crippen molar-refractivity contribution in [2.24, 2.45) is 0 Å². The van der Waals surface area contributed by atoms with Crippen LogP contribution in [-0.2, 0) is 0 Å². The highest BCUT2D eigenvalue weighted by Crippen LogP contribution is 2.39. The summed E-state index contributed by atoms with van der Waals surface area (Å²) in [5.74, 6) is 1.88. The van der Waals surface area contributed by atoms with E-state index in [0.29, 0.717) is 27.8 Å². The molecule has 0 aliphatic carbocycles. The molecule has 4 nitrogen and oxygen atoms in total. The highest BCUT2D eigenvalue weighted by Gasteiger charge is 2.17. The maximum absolute atomic E-state index is 9.43. The van der Waals surface area contributed by atoms with Crippen LogP contribution in [-0.4, -0.2) is 13.9 Å². The predicted molar refractivity (Wildman–Crippen MR) is 84.1 cm³/mol. The van der Waals surface area contributed by atoms with Crippen molar-refractivity contribution in [2.45, 2.75) is 0 Å². The summed E-state index contributed by atoms with van der Waals surface area (Å²) in [4.78, 5) is 0. The van der Waals surface area contributed by atoms with Crippen LogP contribution in [0, 0.1) is 11.3 Å². The first-order valence-electron chi connectivity index (χ1n) is 6.56. The molecule has 0 amide bonds. The monoisotopic (exact) mass is 313 g/mol. The number of allylic oxidation sites excluding steroid dienone is 1. The number of halogens is 1. The lowest BCUT2D eigenvalue weighted by Crippen LogP contribution is -1.92. The van der Waals surface area contributed by atoms with Crippen molar-refractivity contribution in [3.63, 3.8) is 0 Å². The number of nitriles is 1. The van der Waals surface area contributed by atoms with Gasteiger partial charge in [0.25, 0.3) is 0 Å². The number of nitrogens with zero attached hydrogens (tertiary/aromatic N) is 1. The Morgan fingerprint density at radius 3 is 2.73 bits per heavy atom. The quantitative estimate of drug-likeness (QED) is 0.631. The maximum Gasteiger partial charge on any atom is 0.231 e. The Hall–Kier alpha value is -2.64. The topological polar surface area (TPSA) is 51.5 Å². The van der Waals surface area contributed by atoms with Crippen LogP contribution >= 0.6 is 11.6 Å². The molecule has 1 heterocycles. The lowest BCUT2D eigenvalue weighted by atomic mass is 10.0. The first kappa shape index (κ1) is 14.3. The summed E-state index contributed by atoms with van der Waals surface area (Å²) in [5, 5.41) is 10.0. The molecule has 2 aromatic carbocycles. The van der Waals surface area contributed by atoms with Crippen LogP contribution in [0.15, 0.2) is 36.4 Å². The number of methoxy groups -OCH3 is 1. The first-order valence-corrected chi connectivity index (χ1v) is 6.94. The van der Waals surface area contributed by atoms with Crippen molar-refractivity contribution >= 4 is 23.3 Å². The van der Waals surface area contributed by atoms with Crippen LogP contribution in [0.4, 0.5) is 0 Å². The molecule has 0 saturated carbocycles. The molecule has 0 N–H and O–H groups in total. The number of benzene rings is 2.